The van der Waals surface area contributed by atoms with Crippen LogP contribution in [-0.2, 0) is 10.0 Å². The second-order valence-electron chi connectivity index (χ2n) is 10.7. The zero-order chi connectivity index (χ0) is 22.8. The molecule has 1 aliphatic heterocycles. The molecule has 7 heteroatoms. The number of nitrogens with zero attached hydrogens (tertiary/aromatic N) is 2. The van der Waals surface area contributed by atoms with Crippen LogP contribution in [0.2, 0.25) is 0 Å². The minimum atomic E-state index is -3.67. The zero-order valence-corrected chi connectivity index (χ0v) is 19.6. The van der Waals surface area contributed by atoms with E-state index < -0.39 is 10.0 Å². The summed E-state index contributed by atoms with van der Waals surface area (Å²) >= 11 is 0. The van der Waals surface area contributed by atoms with Crippen LogP contribution in [0.25, 0.3) is 0 Å². The number of rotatable bonds is 4. The highest BCUT2D eigenvalue weighted by molar-refractivity contribution is 7.90. The second-order valence-corrected chi connectivity index (χ2v) is 12.3. The molecule has 2 aromatic rings. The van der Waals surface area contributed by atoms with Crippen molar-refractivity contribution >= 4 is 27.5 Å². The Bertz CT molecular complexity index is 1210. The summed E-state index contributed by atoms with van der Waals surface area (Å²) in [4.78, 5) is 15.3. The number of carbonyl (C=O) groups is 1. The molecule has 7 rings (SSSR count). The number of sulfonamides is 1. The number of hydrogen-bond donors (Lipinski definition) is 1. The summed E-state index contributed by atoms with van der Waals surface area (Å²) in [6, 6.07) is 14.0. The lowest BCUT2D eigenvalue weighted by Gasteiger charge is -2.57. The maximum absolute atomic E-state index is 13.2. The third-order valence-corrected chi connectivity index (χ3v) is 9.45. The van der Waals surface area contributed by atoms with E-state index in [1.54, 1.807) is 36.4 Å². The van der Waals surface area contributed by atoms with Gasteiger partial charge in [0.05, 0.1) is 0 Å². The summed E-state index contributed by atoms with van der Waals surface area (Å²) in [6.07, 6.45) is 8.07. The van der Waals surface area contributed by atoms with Crippen molar-refractivity contribution in [2.75, 3.05) is 18.9 Å². The number of fused-ring (bicyclic) bond motifs is 1. The average Bonchev–Trinajstić information content (AvgIpc) is 3.02. The van der Waals surface area contributed by atoms with Gasteiger partial charge >= 0.3 is 0 Å². The highest BCUT2D eigenvalue weighted by Gasteiger charge is 2.51. The lowest BCUT2D eigenvalue weighted by atomic mass is 9.49. The number of hydrogen-bond acceptors (Lipinski definition) is 4. The van der Waals surface area contributed by atoms with Gasteiger partial charge in [-0.2, -0.15) is 8.42 Å². The first-order valence-corrected chi connectivity index (χ1v) is 13.3. The Morgan fingerprint density at radius 1 is 1.00 bits per heavy atom. The van der Waals surface area contributed by atoms with E-state index in [4.69, 9.17) is 0 Å². The van der Waals surface area contributed by atoms with E-state index in [2.05, 4.69) is 9.71 Å². The van der Waals surface area contributed by atoms with Crippen molar-refractivity contribution < 1.29 is 13.2 Å². The predicted octanol–water partition coefficient (Wildman–Crippen LogP) is 4.54. The summed E-state index contributed by atoms with van der Waals surface area (Å²) in [5.41, 5.74) is 2.23. The van der Waals surface area contributed by atoms with Gasteiger partial charge in [-0.1, -0.05) is 12.1 Å². The van der Waals surface area contributed by atoms with E-state index in [1.807, 2.05) is 24.1 Å². The van der Waals surface area contributed by atoms with Gasteiger partial charge in [0.1, 0.15) is 4.90 Å². The average molecular weight is 464 g/mol. The van der Waals surface area contributed by atoms with Gasteiger partial charge in [0, 0.05) is 30.4 Å². The summed E-state index contributed by atoms with van der Waals surface area (Å²) in [7, 11) is -1.73. The Hall–Kier alpha value is -2.67. The molecule has 4 aliphatic carbocycles. The van der Waals surface area contributed by atoms with E-state index in [9.17, 15) is 13.2 Å². The summed E-state index contributed by atoms with van der Waals surface area (Å²) < 4.78 is 28.4. The molecule has 33 heavy (non-hydrogen) atoms. The Labute approximate surface area is 195 Å². The van der Waals surface area contributed by atoms with Crippen LogP contribution < -0.4 is 5.32 Å². The highest BCUT2D eigenvalue weighted by Crippen LogP contribution is 2.60. The van der Waals surface area contributed by atoms with Crippen molar-refractivity contribution in [2.45, 2.75) is 43.4 Å². The van der Waals surface area contributed by atoms with Crippen LogP contribution in [0.4, 0.5) is 5.69 Å². The maximum atomic E-state index is 13.2. The smallest absolute Gasteiger partial charge is 0.285 e. The molecule has 0 spiro atoms. The first kappa shape index (κ1) is 20.9. The third kappa shape index (κ3) is 3.66. The molecule has 4 fully saturated rings. The van der Waals surface area contributed by atoms with E-state index in [0.29, 0.717) is 28.1 Å². The lowest BCUT2D eigenvalue weighted by Crippen LogP contribution is -2.51. The predicted molar refractivity (Wildman–Crippen MR) is 128 cm³/mol. The largest absolute Gasteiger partial charge is 0.341 e. The van der Waals surface area contributed by atoms with Crippen LogP contribution in [0, 0.1) is 23.2 Å². The monoisotopic (exact) mass is 463 g/mol. The number of amides is 1. The molecular formula is C26H29N3O3S. The number of benzene rings is 2. The van der Waals surface area contributed by atoms with Gasteiger partial charge in [-0.05, 0) is 98.1 Å². The highest BCUT2D eigenvalue weighted by atomic mass is 32.2. The molecule has 1 N–H and O–H groups in total. The Morgan fingerprint density at radius 2 is 1.61 bits per heavy atom. The molecule has 4 bridgehead atoms. The number of anilines is 1. The first-order valence-electron chi connectivity index (χ1n) is 11.9. The fourth-order valence-electron chi connectivity index (χ4n) is 7.31. The Kier molecular flexibility index (Phi) is 4.70. The fraction of sp³-hybridized carbons (Fsp3) is 0.462. The number of carbonyl (C=O) groups excluding carboxylic acids is 1. The molecule has 6 nitrogen and oxygen atoms in total. The van der Waals surface area contributed by atoms with E-state index >= 15 is 0 Å². The minimum Gasteiger partial charge on any atom is -0.341 e. The standard InChI is InChI=1S/C26H29N3O3S/c1-29(16-26-13-17-10-18(14-26)12-19(11-17)15-26)25(30)20-6-8-21(9-7-20)27-24-22-4-2-3-5-23(22)33(31,32)28-24/h2-9,17-19H,10-16H2,1H3,(H,27,28). The SMILES string of the molecule is CN(CC12CC3CC(CC(C3)C1)C2)C(=O)c1ccc(NC2=NS(=O)(=O)c3ccccc32)cc1. The molecule has 2 aromatic carbocycles. The van der Waals surface area contributed by atoms with Crippen LogP contribution >= 0.6 is 0 Å². The molecular weight excluding hydrogens is 434 g/mol. The molecule has 0 aromatic heterocycles. The quantitative estimate of drug-likeness (QED) is 0.722. The van der Waals surface area contributed by atoms with Gasteiger partial charge in [-0.15, -0.1) is 4.40 Å². The lowest BCUT2D eigenvalue weighted by molar-refractivity contribution is -0.0629. The fourth-order valence-corrected chi connectivity index (χ4v) is 8.48. The molecule has 1 heterocycles. The van der Waals surface area contributed by atoms with Crippen LogP contribution in [0.5, 0.6) is 0 Å². The van der Waals surface area contributed by atoms with E-state index in [0.717, 1.165) is 24.3 Å². The van der Waals surface area contributed by atoms with Gasteiger partial charge in [0.15, 0.2) is 5.84 Å². The van der Waals surface area contributed by atoms with Crippen LogP contribution in [0.15, 0.2) is 57.8 Å². The topological polar surface area (TPSA) is 78.8 Å². The molecule has 0 atom stereocenters. The number of nitrogens with one attached hydrogen (secondary N) is 1. The van der Waals surface area contributed by atoms with E-state index in [-0.39, 0.29) is 10.8 Å². The van der Waals surface area contributed by atoms with Gasteiger partial charge < -0.3 is 10.2 Å². The van der Waals surface area contributed by atoms with Crippen LogP contribution in [-0.4, -0.2) is 38.7 Å². The molecule has 0 radical (unpaired) electrons. The third-order valence-electron chi connectivity index (χ3n) is 8.11. The van der Waals surface area contributed by atoms with E-state index in [1.165, 1.54) is 38.5 Å². The molecule has 5 aliphatic rings. The van der Waals surface area contributed by atoms with Gasteiger partial charge in [-0.3, -0.25) is 4.79 Å². The maximum Gasteiger partial charge on any atom is 0.285 e. The second kappa shape index (κ2) is 7.42. The van der Waals surface area contributed by atoms with Gasteiger partial charge in [0.2, 0.25) is 0 Å². The van der Waals surface area contributed by atoms with Crippen molar-refractivity contribution in [3.05, 3.63) is 59.7 Å². The van der Waals surface area contributed by atoms with Gasteiger partial charge in [-0.25, -0.2) is 0 Å². The minimum absolute atomic E-state index is 0.0448. The van der Waals surface area contributed by atoms with Crippen molar-refractivity contribution in [1.82, 2.24) is 4.90 Å². The number of amidine groups is 1. The van der Waals surface area contributed by atoms with Crippen molar-refractivity contribution in [3.8, 4) is 0 Å². The molecule has 0 unspecified atom stereocenters. The summed E-state index contributed by atoms with van der Waals surface area (Å²) in [5.74, 6) is 2.97. The normalized spacial score (nSPS) is 30.6. The van der Waals surface area contributed by atoms with Crippen molar-refractivity contribution in [1.29, 1.82) is 0 Å². The first-order chi connectivity index (χ1) is 15.8. The Balaban J connectivity index is 1.15. The molecule has 0 saturated heterocycles. The van der Waals surface area contributed by atoms with Gasteiger partial charge in [0.25, 0.3) is 15.9 Å². The molecule has 172 valence electrons. The zero-order valence-electron chi connectivity index (χ0n) is 18.8. The summed E-state index contributed by atoms with van der Waals surface area (Å²) in [5, 5.41) is 3.10. The summed E-state index contributed by atoms with van der Waals surface area (Å²) in [6.45, 7) is 0.848. The Morgan fingerprint density at radius 3 is 2.24 bits per heavy atom. The molecule has 1 amide bonds. The molecule has 4 saturated carbocycles. The van der Waals surface area contributed by atoms with Crippen molar-refractivity contribution in [2.24, 2.45) is 27.6 Å². The van der Waals surface area contributed by atoms with Crippen LogP contribution in [0.3, 0.4) is 0 Å². The van der Waals surface area contributed by atoms with Crippen LogP contribution in [0.1, 0.15) is 54.4 Å². The van der Waals surface area contributed by atoms with Crippen molar-refractivity contribution in [3.63, 3.8) is 0 Å².